The first-order chi connectivity index (χ1) is 5.79. The molecule has 0 bridgehead atoms. The van der Waals surface area contributed by atoms with E-state index in [9.17, 15) is 4.79 Å². The van der Waals surface area contributed by atoms with Crippen molar-refractivity contribution in [1.29, 1.82) is 0 Å². The Hall–Kier alpha value is -1.08. The molecule has 0 unspecified atom stereocenters. The number of halogens is 1. The smallest absolute Gasteiger partial charge is 0.150 e. The van der Waals surface area contributed by atoms with Gasteiger partial charge in [0.1, 0.15) is 6.29 Å². The molecular weight excluding hydrogens is 172 g/mol. The predicted molar refractivity (Wildman–Crippen MR) is 51.2 cm³/mol. The molecule has 0 aliphatic carbocycles. The number of hydrogen-bond acceptors (Lipinski definition) is 1. The minimum absolute atomic E-state index is 0.609. The van der Waals surface area contributed by atoms with Crippen LogP contribution in [0.5, 0.6) is 0 Å². The average Bonchev–Trinajstić information content (AvgIpc) is 2.10. The molecule has 0 aromatic heterocycles. The zero-order valence-electron chi connectivity index (χ0n) is 6.75. The van der Waals surface area contributed by atoms with Crippen LogP contribution in [0.15, 0.2) is 30.3 Å². The van der Waals surface area contributed by atoms with Gasteiger partial charge in [-0.05, 0) is 13.0 Å². The van der Waals surface area contributed by atoms with Crippen molar-refractivity contribution >= 4 is 23.5 Å². The standard InChI is InChI=1S/C10H9ClO/c1-2-8(7-12)9-5-3-4-6-10(9)11/h2-7H,1H3/b8-2+. The summed E-state index contributed by atoms with van der Waals surface area (Å²) in [5.41, 5.74) is 1.41. The molecule has 0 aliphatic rings. The Morgan fingerprint density at radius 3 is 2.58 bits per heavy atom. The Labute approximate surface area is 76.7 Å². The van der Waals surface area contributed by atoms with Gasteiger partial charge in [-0.25, -0.2) is 0 Å². The van der Waals surface area contributed by atoms with Crippen molar-refractivity contribution in [2.24, 2.45) is 0 Å². The van der Waals surface area contributed by atoms with Gasteiger partial charge in [0.15, 0.2) is 0 Å². The summed E-state index contributed by atoms with van der Waals surface area (Å²) in [5, 5.41) is 0.609. The average molecular weight is 181 g/mol. The highest BCUT2D eigenvalue weighted by Gasteiger charge is 2.02. The van der Waals surface area contributed by atoms with E-state index in [4.69, 9.17) is 11.6 Å². The van der Waals surface area contributed by atoms with Crippen molar-refractivity contribution in [1.82, 2.24) is 0 Å². The summed E-state index contributed by atoms with van der Waals surface area (Å²) in [4.78, 5) is 10.6. The van der Waals surface area contributed by atoms with E-state index in [1.54, 1.807) is 12.1 Å². The molecule has 62 valence electrons. The SMILES string of the molecule is C/C=C(\C=O)c1ccccc1Cl. The van der Waals surface area contributed by atoms with Gasteiger partial charge in [0, 0.05) is 16.2 Å². The number of aldehydes is 1. The maximum absolute atomic E-state index is 10.6. The maximum Gasteiger partial charge on any atom is 0.150 e. The van der Waals surface area contributed by atoms with E-state index in [2.05, 4.69) is 0 Å². The summed E-state index contributed by atoms with van der Waals surface area (Å²) in [6.45, 7) is 1.81. The number of benzene rings is 1. The Balaban J connectivity index is 3.18. The number of carbonyl (C=O) groups is 1. The van der Waals surface area contributed by atoms with Crippen molar-refractivity contribution < 1.29 is 4.79 Å². The second-order valence-corrected chi connectivity index (χ2v) is 2.75. The van der Waals surface area contributed by atoms with Gasteiger partial charge < -0.3 is 0 Å². The second-order valence-electron chi connectivity index (χ2n) is 2.34. The predicted octanol–water partition coefficient (Wildman–Crippen LogP) is 2.94. The normalized spacial score (nSPS) is 11.3. The first-order valence-corrected chi connectivity index (χ1v) is 4.03. The van der Waals surface area contributed by atoms with Crippen LogP contribution >= 0.6 is 11.6 Å². The molecule has 0 saturated heterocycles. The molecule has 12 heavy (non-hydrogen) atoms. The molecular formula is C10H9ClO. The molecule has 1 nitrogen and oxygen atoms in total. The van der Waals surface area contributed by atoms with Crippen molar-refractivity contribution in [3.8, 4) is 0 Å². The Kier molecular flexibility index (Phi) is 3.06. The van der Waals surface area contributed by atoms with E-state index < -0.39 is 0 Å². The van der Waals surface area contributed by atoms with E-state index in [0.29, 0.717) is 10.6 Å². The molecule has 1 aromatic carbocycles. The Bertz CT molecular complexity index is 315. The number of carbonyl (C=O) groups excluding carboxylic acids is 1. The van der Waals surface area contributed by atoms with E-state index in [1.807, 2.05) is 25.1 Å². The van der Waals surface area contributed by atoms with Crippen molar-refractivity contribution in [3.63, 3.8) is 0 Å². The molecule has 1 aromatic rings. The molecule has 0 N–H and O–H groups in total. The first kappa shape index (κ1) is 9.01. The van der Waals surface area contributed by atoms with Crippen LogP contribution in [-0.4, -0.2) is 6.29 Å². The van der Waals surface area contributed by atoms with E-state index in [0.717, 1.165) is 11.8 Å². The van der Waals surface area contributed by atoms with Crippen LogP contribution in [-0.2, 0) is 4.79 Å². The largest absolute Gasteiger partial charge is 0.298 e. The summed E-state index contributed by atoms with van der Waals surface area (Å²) in [7, 11) is 0. The monoisotopic (exact) mass is 180 g/mol. The van der Waals surface area contributed by atoms with E-state index in [1.165, 1.54) is 0 Å². The molecule has 0 amide bonds. The fourth-order valence-electron chi connectivity index (χ4n) is 0.982. The van der Waals surface area contributed by atoms with Gasteiger partial charge in [0.2, 0.25) is 0 Å². The lowest BCUT2D eigenvalue weighted by Crippen LogP contribution is -1.85. The molecule has 0 atom stereocenters. The van der Waals surface area contributed by atoms with Crippen LogP contribution in [0, 0.1) is 0 Å². The lowest BCUT2D eigenvalue weighted by Gasteiger charge is -2.00. The number of rotatable bonds is 2. The van der Waals surface area contributed by atoms with Gasteiger partial charge in [-0.15, -0.1) is 0 Å². The summed E-state index contributed by atoms with van der Waals surface area (Å²) in [6, 6.07) is 7.29. The molecule has 1 rings (SSSR count). The van der Waals surface area contributed by atoms with Gasteiger partial charge in [0.25, 0.3) is 0 Å². The van der Waals surface area contributed by atoms with Crippen molar-refractivity contribution in [2.75, 3.05) is 0 Å². The summed E-state index contributed by atoms with van der Waals surface area (Å²) in [6.07, 6.45) is 2.55. The number of allylic oxidation sites excluding steroid dienone is 2. The van der Waals surface area contributed by atoms with Gasteiger partial charge >= 0.3 is 0 Å². The highest BCUT2D eigenvalue weighted by atomic mass is 35.5. The summed E-state index contributed by atoms with van der Waals surface area (Å²) >= 11 is 5.88. The van der Waals surface area contributed by atoms with Gasteiger partial charge in [-0.1, -0.05) is 35.9 Å². The Morgan fingerprint density at radius 2 is 2.08 bits per heavy atom. The fraction of sp³-hybridized carbons (Fsp3) is 0.100. The van der Waals surface area contributed by atoms with Crippen molar-refractivity contribution in [2.45, 2.75) is 6.92 Å². The summed E-state index contributed by atoms with van der Waals surface area (Å²) in [5.74, 6) is 0. The molecule has 0 saturated carbocycles. The Morgan fingerprint density at radius 1 is 1.42 bits per heavy atom. The van der Waals surface area contributed by atoms with Crippen LogP contribution in [0.3, 0.4) is 0 Å². The second kappa shape index (κ2) is 4.07. The van der Waals surface area contributed by atoms with Gasteiger partial charge in [-0.3, -0.25) is 4.79 Å². The molecule has 0 heterocycles. The van der Waals surface area contributed by atoms with Gasteiger partial charge in [0.05, 0.1) is 0 Å². The molecule has 0 spiro atoms. The van der Waals surface area contributed by atoms with Crippen molar-refractivity contribution in [3.05, 3.63) is 40.9 Å². The molecule has 0 radical (unpaired) electrons. The third-order valence-electron chi connectivity index (χ3n) is 1.62. The van der Waals surface area contributed by atoms with E-state index >= 15 is 0 Å². The molecule has 2 heteroatoms. The number of hydrogen-bond donors (Lipinski definition) is 0. The third kappa shape index (κ3) is 1.74. The van der Waals surface area contributed by atoms with Crippen LogP contribution in [0.4, 0.5) is 0 Å². The van der Waals surface area contributed by atoms with Gasteiger partial charge in [-0.2, -0.15) is 0 Å². The third-order valence-corrected chi connectivity index (χ3v) is 1.95. The fourth-order valence-corrected chi connectivity index (χ4v) is 1.23. The minimum Gasteiger partial charge on any atom is -0.298 e. The molecule has 0 aliphatic heterocycles. The van der Waals surface area contributed by atoms with Crippen LogP contribution in [0.2, 0.25) is 5.02 Å². The zero-order chi connectivity index (χ0) is 8.97. The highest BCUT2D eigenvalue weighted by molar-refractivity contribution is 6.33. The summed E-state index contributed by atoms with van der Waals surface area (Å²) < 4.78 is 0. The lowest BCUT2D eigenvalue weighted by atomic mass is 10.1. The zero-order valence-corrected chi connectivity index (χ0v) is 7.51. The van der Waals surface area contributed by atoms with E-state index in [-0.39, 0.29) is 0 Å². The first-order valence-electron chi connectivity index (χ1n) is 3.66. The minimum atomic E-state index is 0.609. The lowest BCUT2D eigenvalue weighted by molar-refractivity contribution is -0.103. The molecule has 0 fully saturated rings. The highest BCUT2D eigenvalue weighted by Crippen LogP contribution is 2.21. The topological polar surface area (TPSA) is 17.1 Å². The quantitative estimate of drug-likeness (QED) is 0.505. The maximum atomic E-state index is 10.6. The van der Waals surface area contributed by atoms with Crippen LogP contribution in [0.25, 0.3) is 5.57 Å². The van der Waals surface area contributed by atoms with Crippen LogP contribution in [0.1, 0.15) is 12.5 Å². The van der Waals surface area contributed by atoms with Crippen LogP contribution < -0.4 is 0 Å².